The van der Waals surface area contributed by atoms with Crippen LogP contribution in [0.3, 0.4) is 0 Å². The maximum Gasteiger partial charge on any atom is 0.287 e. The van der Waals surface area contributed by atoms with Gasteiger partial charge in [-0.3, -0.25) is 9.59 Å². The van der Waals surface area contributed by atoms with Crippen molar-refractivity contribution in [1.29, 1.82) is 0 Å². The molecule has 8 nitrogen and oxygen atoms in total. The standard InChI is InChI=1S/C24H23N3O5S/c1-30-20-12-16(13-21(31-2)22(20)32-3)15-25-27-24(29)19(14-18-10-7-11-33-18)26-23(28)17-8-5-4-6-9-17/h4-15H,1-3H3,(H,26,28)(H,27,29)/b19-14-,25-15-. The van der Waals surface area contributed by atoms with Crippen LogP contribution in [0.1, 0.15) is 20.8 Å². The summed E-state index contributed by atoms with van der Waals surface area (Å²) in [5, 5.41) is 8.55. The predicted molar refractivity (Wildman–Crippen MR) is 128 cm³/mol. The van der Waals surface area contributed by atoms with Crippen molar-refractivity contribution < 1.29 is 23.8 Å². The van der Waals surface area contributed by atoms with Crippen molar-refractivity contribution in [2.75, 3.05) is 21.3 Å². The molecule has 0 atom stereocenters. The normalized spacial score (nSPS) is 11.2. The van der Waals surface area contributed by atoms with Gasteiger partial charge in [0.2, 0.25) is 5.75 Å². The van der Waals surface area contributed by atoms with E-state index in [9.17, 15) is 9.59 Å². The van der Waals surface area contributed by atoms with E-state index in [2.05, 4.69) is 15.8 Å². The summed E-state index contributed by atoms with van der Waals surface area (Å²) in [6.07, 6.45) is 3.03. The molecule has 2 N–H and O–H groups in total. The molecule has 3 rings (SSSR count). The van der Waals surface area contributed by atoms with Crippen LogP contribution >= 0.6 is 11.3 Å². The van der Waals surface area contributed by atoms with E-state index in [1.807, 2.05) is 23.6 Å². The first-order valence-electron chi connectivity index (χ1n) is 9.80. The van der Waals surface area contributed by atoms with Gasteiger partial charge < -0.3 is 19.5 Å². The quantitative estimate of drug-likeness (QED) is 0.285. The fourth-order valence-corrected chi connectivity index (χ4v) is 3.52. The lowest BCUT2D eigenvalue weighted by Gasteiger charge is -2.12. The van der Waals surface area contributed by atoms with Gasteiger partial charge in [0.05, 0.1) is 27.5 Å². The Kier molecular flexibility index (Phi) is 8.20. The molecule has 33 heavy (non-hydrogen) atoms. The monoisotopic (exact) mass is 465 g/mol. The second-order valence-electron chi connectivity index (χ2n) is 6.55. The summed E-state index contributed by atoms with van der Waals surface area (Å²) in [6, 6.07) is 15.7. The zero-order chi connectivity index (χ0) is 23.6. The summed E-state index contributed by atoms with van der Waals surface area (Å²) in [5.41, 5.74) is 3.55. The van der Waals surface area contributed by atoms with Crippen molar-refractivity contribution >= 4 is 35.4 Å². The Morgan fingerprint density at radius 2 is 1.64 bits per heavy atom. The number of ether oxygens (including phenoxy) is 3. The molecule has 0 bridgehead atoms. The number of amides is 2. The van der Waals surface area contributed by atoms with Gasteiger partial charge in [-0.05, 0) is 41.8 Å². The molecule has 0 saturated heterocycles. The van der Waals surface area contributed by atoms with Gasteiger partial charge in [-0.15, -0.1) is 11.3 Å². The number of methoxy groups -OCH3 is 3. The number of hydrazone groups is 1. The van der Waals surface area contributed by atoms with Gasteiger partial charge in [-0.2, -0.15) is 5.10 Å². The Hall–Kier alpha value is -4.11. The molecule has 0 aliphatic rings. The van der Waals surface area contributed by atoms with E-state index in [4.69, 9.17) is 14.2 Å². The van der Waals surface area contributed by atoms with E-state index in [1.54, 1.807) is 42.5 Å². The van der Waals surface area contributed by atoms with E-state index in [1.165, 1.54) is 38.9 Å². The minimum atomic E-state index is -0.573. The minimum absolute atomic E-state index is 0.0633. The highest BCUT2D eigenvalue weighted by Crippen LogP contribution is 2.37. The average molecular weight is 466 g/mol. The zero-order valence-electron chi connectivity index (χ0n) is 18.3. The first kappa shape index (κ1) is 23.6. The van der Waals surface area contributed by atoms with Crippen LogP contribution in [-0.4, -0.2) is 39.4 Å². The molecule has 1 heterocycles. The van der Waals surface area contributed by atoms with Gasteiger partial charge in [0.25, 0.3) is 11.8 Å². The summed E-state index contributed by atoms with van der Waals surface area (Å²) >= 11 is 1.44. The van der Waals surface area contributed by atoms with Crippen molar-refractivity contribution in [3.63, 3.8) is 0 Å². The average Bonchev–Trinajstić information content (AvgIpc) is 3.36. The van der Waals surface area contributed by atoms with Gasteiger partial charge >= 0.3 is 0 Å². The summed E-state index contributed by atoms with van der Waals surface area (Å²) in [4.78, 5) is 26.2. The maximum atomic E-state index is 12.8. The van der Waals surface area contributed by atoms with E-state index < -0.39 is 11.8 Å². The van der Waals surface area contributed by atoms with Crippen LogP contribution in [-0.2, 0) is 4.79 Å². The lowest BCUT2D eigenvalue weighted by Crippen LogP contribution is -2.32. The number of benzene rings is 2. The lowest BCUT2D eigenvalue weighted by atomic mass is 10.2. The molecule has 0 saturated carbocycles. The number of carbonyl (C=O) groups is 2. The molecule has 0 unspecified atom stereocenters. The van der Waals surface area contributed by atoms with Crippen LogP contribution < -0.4 is 25.0 Å². The molecular formula is C24H23N3O5S. The van der Waals surface area contributed by atoms with E-state index in [0.29, 0.717) is 28.4 Å². The van der Waals surface area contributed by atoms with Crippen molar-refractivity contribution in [3.8, 4) is 17.2 Å². The molecule has 0 spiro atoms. The summed E-state index contributed by atoms with van der Waals surface area (Å²) in [5.74, 6) is 0.389. The van der Waals surface area contributed by atoms with E-state index in [-0.39, 0.29) is 5.70 Å². The second kappa shape index (κ2) is 11.5. The fourth-order valence-electron chi connectivity index (χ4n) is 2.86. The van der Waals surface area contributed by atoms with Crippen LogP contribution in [0.25, 0.3) is 6.08 Å². The third-order valence-corrected chi connectivity index (χ3v) is 5.24. The third kappa shape index (κ3) is 6.20. The SMILES string of the molecule is COc1cc(/C=N\NC(=O)/C(=C/c2cccs2)NC(=O)c2ccccc2)cc(OC)c1OC. The Bertz CT molecular complexity index is 1130. The van der Waals surface area contributed by atoms with Crippen molar-refractivity contribution in [3.05, 3.63) is 81.7 Å². The van der Waals surface area contributed by atoms with Crippen LogP contribution in [0, 0.1) is 0 Å². The van der Waals surface area contributed by atoms with Gasteiger partial charge in [0.15, 0.2) is 11.5 Å². The molecule has 1 aromatic heterocycles. The number of carbonyl (C=O) groups excluding carboxylic acids is 2. The summed E-state index contributed by atoms with van der Waals surface area (Å²) in [6.45, 7) is 0. The fraction of sp³-hybridized carbons (Fsp3) is 0.125. The van der Waals surface area contributed by atoms with Crippen LogP contribution in [0.4, 0.5) is 0 Å². The largest absolute Gasteiger partial charge is 0.493 e. The smallest absolute Gasteiger partial charge is 0.287 e. The van der Waals surface area contributed by atoms with E-state index in [0.717, 1.165) is 4.88 Å². The number of hydrogen-bond donors (Lipinski definition) is 2. The lowest BCUT2D eigenvalue weighted by molar-refractivity contribution is -0.117. The predicted octanol–water partition coefficient (Wildman–Crippen LogP) is 3.70. The summed E-state index contributed by atoms with van der Waals surface area (Å²) < 4.78 is 15.9. The Morgan fingerprint density at radius 3 is 2.21 bits per heavy atom. The molecule has 0 radical (unpaired) electrons. The Morgan fingerprint density at radius 1 is 0.939 bits per heavy atom. The van der Waals surface area contributed by atoms with Gasteiger partial charge in [0.1, 0.15) is 5.70 Å². The summed E-state index contributed by atoms with van der Waals surface area (Å²) in [7, 11) is 4.54. The van der Waals surface area contributed by atoms with Gasteiger partial charge in [-0.1, -0.05) is 24.3 Å². The highest BCUT2D eigenvalue weighted by molar-refractivity contribution is 7.10. The zero-order valence-corrected chi connectivity index (χ0v) is 19.1. The molecule has 0 fully saturated rings. The van der Waals surface area contributed by atoms with Crippen molar-refractivity contribution in [2.45, 2.75) is 0 Å². The number of hydrogen-bond acceptors (Lipinski definition) is 7. The molecular weight excluding hydrogens is 442 g/mol. The molecule has 0 aliphatic carbocycles. The van der Waals surface area contributed by atoms with Gasteiger partial charge in [-0.25, -0.2) is 5.43 Å². The molecule has 0 aliphatic heterocycles. The number of rotatable bonds is 9. The number of nitrogens with zero attached hydrogens (tertiary/aromatic N) is 1. The highest BCUT2D eigenvalue weighted by atomic mass is 32.1. The van der Waals surface area contributed by atoms with Crippen molar-refractivity contribution in [1.82, 2.24) is 10.7 Å². The molecule has 2 amide bonds. The first-order chi connectivity index (χ1) is 16.0. The molecule has 9 heteroatoms. The van der Waals surface area contributed by atoms with Crippen LogP contribution in [0.15, 0.2) is 70.8 Å². The first-order valence-corrected chi connectivity index (χ1v) is 10.7. The molecule has 3 aromatic rings. The maximum absolute atomic E-state index is 12.8. The highest BCUT2D eigenvalue weighted by Gasteiger charge is 2.15. The number of nitrogens with one attached hydrogen (secondary N) is 2. The third-order valence-electron chi connectivity index (χ3n) is 4.43. The topological polar surface area (TPSA) is 98.2 Å². The minimum Gasteiger partial charge on any atom is -0.493 e. The van der Waals surface area contributed by atoms with Crippen LogP contribution in [0.5, 0.6) is 17.2 Å². The Labute approximate surface area is 195 Å². The Balaban J connectivity index is 1.78. The second-order valence-corrected chi connectivity index (χ2v) is 7.53. The van der Waals surface area contributed by atoms with Crippen LogP contribution in [0.2, 0.25) is 0 Å². The van der Waals surface area contributed by atoms with E-state index >= 15 is 0 Å². The van der Waals surface area contributed by atoms with Gasteiger partial charge in [0, 0.05) is 16.0 Å². The number of thiophene rings is 1. The van der Waals surface area contributed by atoms with Crippen molar-refractivity contribution in [2.24, 2.45) is 5.10 Å². The molecule has 170 valence electrons. The molecule has 2 aromatic carbocycles.